The van der Waals surface area contributed by atoms with E-state index >= 15 is 0 Å². The van der Waals surface area contributed by atoms with E-state index < -0.39 is 0 Å². The third-order valence-corrected chi connectivity index (χ3v) is 8.82. The molecule has 0 aliphatic heterocycles. The van der Waals surface area contributed by atoms with Crippen LogP contribution in [0.15, 0.2) is 190 Å². The standard InChI is InChI=1S/C45H33N3O/c46-44(38-16-9-15-37(29-38)39-18-10-20-42-43(39)40-17-7-8-19-41(40)49-42)48-45(36-13-5-2-6-14-36)47-30-31-21-23-33(24-22-31)35-27-25-34(26-28-35)32-11-3-1-4-12-32/h1-29H,30H2,(H2,46,47,48). The summed E-state index contributed by atoms with van der Waals surface area (Å²) in [6.07, 6.45) is 0. The van der Waals surface area contributed by atoms with E-state index in [4.69, 9.17) is 20.1 Å². The van der Waals surface area contributed by atoms with Gasteiger partial charge >= 0.3 is 0 Å². The van der Waals surface area contributed by atoms with Crippen molar-refractivity contribution < 1.29 is 4.42 Å². The van der Waals surface area contributed by atoms with Gasteiger partial charge < -0.3 is 10.2 Å². The molecule has 4 heteroatoms. The second-order valence-corrected chi connectivity index (χ2v) is 12.0. The number of furan rings is 1. The van der Waals surface area contributed by atoms with Crippen molar-refractivity contribution in [3.8, 4) is 33.4 Å². The van der Waals surface area contributed by atoms with Gasteiger partial charge in [-0.1, -0.05) is 158 Å². The van der Waals surface area contributed by atoms with Gasteiger partial charge in [0.25, 0.3) is 0 Å². The zero-order valence-electron chi connectivity index (χ0n) is 26.8. The van der Waals surface area contributed by atoms with Crippen LogP contribution in [0.1, 0.15) is 16.7 Å². The van der Waals surface area contributed by atoms with Crippen molar-refractivity contribution in [2.45, 2.75) is 6.54 Å². The Labute approximate surface area is 285 Å². The highest BCUT2D eigenvalue weighted by Crippen LogP contribution is 2.36. The van der Waals surface area contributed by atoms with Gasteiger partial charge in [0.2, 0.25) is 0 Å². The maximum absolute atomic E-state index is 6.71. The first kappa shape index (κ1) is 29.9. The second-order valence-electron chi connectivity index (χ2n) is 12.0. The van der Waals surface area contributed by atoms with Gasteiger partial charge in [0.15, 0.2) is 5.84 Å². The number of benzene rings is 7. The molecular formula is C45H33N3O. The first-order valence-electron chi connectivity index (χ1n) is 16.4. The van der Waals surface area contributed by atoms with Crippen LogP contribution in [0.25, 0.3) is 55.3 Å². The molecule has 0 saturated carbocycles. The van der Waals surface area contributed by atoms with E-state index in [0.29, 0.717) is 18.2 Å². The predicted octanol–water partition coefficient (Wildman–Crippen LogP) is 10.9. The first-order chi connectivity index (χ1) is 24.2. The molecule has 8 rings (SSSR count). The lowest BCUT2D eigenvalue weighted by Crippen LogP contribution is -2.16. The number of fused-ring (bicyclic) bond motifs is 3. The molecule has 1 aromatic heterocycles. The molecule has 0 fully saturated rings. The zero-order chi connectivity index (χ0) is 33.0. The highest BCUT2D eigenvalue weighted by atomic mass is 16.3. The fourth-order valence-corrected chi connectivity index (χ4v) is 6.27. The van der Waals surface area contributed by atoms with E-state index in [9.17, 15) is 0 Å². The Bertz CT molecular complexity index is 2440. The maximum atomic E-state index is 6.71. The molecule has 0 aliphatic carbocycles. The van der Waals surface area contributed by atoms with Crippen molar-refractivity contribution in [1.82, 2.24) is 0 Å². The second kappa shape index (κ2) is 13.3. The van der Waals surface area contributed by atoms with Crippen LogP contribution < -0.4 is 5.73 Å². The summed E-state index contributed by atoms with van der Waals surface area (Å²) in [5.74, 6) is 0.995. The van der Waals surface area contributed by atoms with Crippen molar-refractivity contribution in [1.29, 1.82) is 0 Å². The normalized spacial score (nSPS) is 12.1. The molecule has 0 bridgehead atoms. The van der Waals surface area contributed by atoms with Gasteiger partial charge in [0, 0.05) is 21.9 Å². The maximum Gasteiger partial charge on any atom is 0.157 e. The van der Waals surface area contributed by atoms with E-state index in [2.05, 4.69) is 97.1 Å². The quantitative estimate of drug-likeness (QED) is 0.140. The van der Waals surface area contributed by atoms with Crippen LogP contribution in [0, 0.1) is 0 Å². The van der Waals surface area contributed by atoms with Crippen LogP contribution in [0.2, 0.25) is 0 Å². The monoisotopic (exact) mass is 631 g/mol. The van der Waals surface area contributed by atoms with Gasteiger partial charge in [-0.15, -0.1) is 0 Å². The third-order valence-electron chi connectivity index (χ3n) is 8.82. The average Bonchev–Trinajstić information content (AvgIpc) is 3.56. The summed E-state index contributed by atoms with van der Waals surface area (Å²) in [5.41, 5.74) is 18.2. The molecule has 8 aromatic rings. The SMILES string of the molecule is N/C(=N\C(=N/Cc1ccc(-c2ccc(-c3ccccc3)cc2)cc1)c1ccccc1)c1cccc(-c2cccc3oc4ccccc4c23)c1. The Hall–Kier alpha value is -6.52. The van der Waals surface area contributed by atoms with Crippen LogP contribution in [0.3, 0.4) is 0 Å². The number of nitrogens with two attached hydrogens (primary N) is 1. The number of rotatable bonds is 7. The first-order valence-corrected chi connectivity index (χ1v) is 16.4. The van der Waals surface area contributed by atoms with Crippen LogP contribution in [0.4, 0.5) is 0 Å². The minimum absolute atomic E-state index is 0.406. The molecule has 0 amide bonds. The summed E-state index contributed by atoms with van der Waals surface area (Å²) in [5, 5.41) is 2.18. The van der Waals surface area contributed by atoms with Crippen molar-refractivity contribution >= 4 is 33.6 Å². The van der Waals surface area contributed by atoms with Gasteiger partial charge in [-0.2, -0.15) is 0 Å². The molecule has 0 saturated heterocycles. The van der Waals surface area contributed by atoms with E-state index in [1.54, 1.807) is 0 Å². The van der Waals surface area contributed by atoms with E-state index in [1.807, 2.05) is 78.9 Å². The largest absolute Gasteiger partial charge is 0.456 e. The lowest BCUT2D eigenvalue weighted by Gasteiger charge is -2.09. The Morgan fingerprint density at radius 3 is 1.78 bits per heavy atom. The Morgan fingerprint density at radius 1 is 0.490 bits per heavy atom. The number of hydrogen-bond acceptors (Lipinski definition) is 2. The highest BCUT2D eigenvalue weighted by molar-refractivity contribution is 6.14. The summed E-state index contributed by atoms with van der Waals surface area (Å²) >= 11 is 0. The Balaban J connectivity index is 1.07. The van der Waals surface area contributed by atoms with Gasteiger partial charge in [0.05, 0.1) is 6.54 Å². The van der Waals surface area contributed by atoms with Crippen LogP contribution >= 0.6 is 0 Å². The molecule has 234 valence electrons. The lowest BCUT2D eigenvalue weighted by molar-refractivity contribution is 0.669. The number of hydrogen-bond donors (Lipinski definition) is 1. The molecule has 7 aromatic carbocycles. The van der Waals surface area contributed by atoms with Gasteiger partial charge in [-0.05, 0) is 57.1 Å². The summed E-state index contributed by atoms with van der Waals surface area (Å²) in [4.78, 5) is 9.86. The molecule has 1 heterocycles. The fraction of sp³-hybridized carbons (Fsp3) is 0.0222. The van der Waals surface area contributed by atoms with E-state index in [0.717, 1.165) is 55.3 Å². The van der Waals surface area contributed by atoms with Crippen LogP contribution in [-0.2, 0) is 6.54 Å². The molecule has 4 nitrogen and oxygen atoms in total. The number of para-hydroxylation sites is 1. The molecule has 0 unspecified atom stereocenters. The smallest absolute Gasteiger partial charge is 0.157 e. The van der Waals surface area contributed by atoms with E-state index in [1.165, 1.54) is 16.7 Å². The van der Waals surface area contributed by atoms with E-state index in [-0.39, 0.29) is 0 Å². The topological polar surface area (TPSA) is 63.9 Å². The summed E-state index contributed by atoms with van der Waals surface area (Å²) in [6.45, 7) is 0.476. The zero-order valence-corrected chi connectivity index (χ0v) is 26.8. The lowest BCUT2D eigenvalue weighted by atomic mass is 9.98. The molecule has 0 radical (unpaired) electrons. The Morgan fingerprint density at radius 2 is 1.04 bits per heavy atom. The van der Waals surface area contributed by atoms with Gasteiger partial charge in [-0.25, -0.2) is 4.99 Å². The third kappa shape index (κ3) is 6.28. The fourth-order valence-electron chi connectivity index (χ4n) is 6.27. The highest BCUT2D eigenvalue weighted by Gasteiger charge is 2.13. The van der Waals surface area contributed by atoms with Crippen LogP contribution in [0.5, 0.6) is 0 Å². The Kier molecular flexibility index (Phi) is 8.11. The van der Waals surface area contributed by atoms with Crippen LogP contribution in [-0.4, -0.2) is 11.7 Å². The summed E-state index contributed by atoms with van der Waals surface area (Å²) in [7, 11) is 0. The number of aliphatic imine (C=N–C) groups is 2. The summed E-state index contributed by atoms with van der Waals surface area (Å²) in [6, 6.07) is 60.2. The predicted molar refractivity (Wildman–Crippen MR) is 204 cm³/mol. The number of nitrogens with zero attached hydrogens (tertiary/aromatic N) is 2. The van der Waals surface area contributed by atoms with Crippen molar-refractivity contribution in [2.75, 3.05) is 0 Å². The number of amidine groups is 2. The molecule has 49 heavy (non-hydrogen) atoms. The molecule has 0 atom stereocenters. The average molecular weight is 632 g/mol. The minimum atomic E-state index is 0.406. The summed E-state index contributed by atoms with van der Waals surface area (Å²) < 4.78 is 6.14. The van der Waals surface area contributed by atoms with Crippen molar-refractivity contribution in [3.05, 3.63) is 193 Å². The van der Waals surface area contributed by atoms with Gasteiger partial charge in [-0.3, -0.25) is 4.99 Å². The van der Waals surface area contributed by atoms with Crippen molar-refractivity contribution in [2.24, 2.45) is 15.7 Å². The minimum Gasteiger partial charge on any atom is -0.456 e. The molecule has 0 spiro atoms. The van der Waals surface area contributed by atoms with Gasteiger partial charge in [0.1, 0.15) is 17.0 Å². The molecular weight excluding hydrogens is 599 g/mol. The molecule has 2 N–H and O–H groups in total. The molecule has 0 aliphatic rings. The van der Waals surface area contributed by atoms with Crippen molar-refractivity contribution in [3.63, 3.8) is 0 Å².